The van der Waals surface area contributed by atoms with Gasteiger partial charge >= 0.3 is 0 Å². The van der Waals surface area contributed by atoms with E-state index in [0.717, 1.165) is 38.8 Å². The van der Waals surface area contributed by atoms with E-state index in [1.165, 1.54) is 4.31 Å². The summed E-state index contributed by atoms with van der Waals surface area (Å²) in [6, 6.07) is 4.96. The van der Waals surface area contributed by atoms with Crippen LogP contribution in [0.1, 0.15) is 37.7 Å². The van der Waals surface area contributed by atoms with Crippen molar-refractivity contribution in [3.63, 3.8) is 0 Å². The normalized spacial score (nSPS) is 22.4. The van der Waals surface area contributed by atoms with Crippen molar-refractivity contribution in [2.24, 2.45) is 5.92 Å². The Kier molecular flexibility index (Phi) is 6.49. The Morgan fingerprint density at radius 2 is 1.69 bits per heavy atom. The Labute approximate surface area is 165 Å². The molecule has 3 rings (SSSR count). The number of amides is 1. The predicted molar refractivity (Wildman–Crippen MR) is 104 cm³/mol. The molecule has 0 spiro atoms. The number of hydrogen-bond donors (Lipinski definition) is 0. The van der Waals surface area contributed by atoms with Crippen LogP contribution in [0.5, 0.6) is 0 Å². The van der Waals surface area contributed by atoms with Crippen molar-refractivity contribution in [1.29, 1.82) is 0 Å². The summed E-state index contributed by atoms with van der Waals surface area (Å²) < 4.78 is 27.2. The first-order valence-corrected chi connectivity index (χ1v) is 11.4. The van der Waals surface area contributed by atoms with Gasteiger partial charge in [0.1, 0.15) is 0 Å². The molecule has 2 aliphatic rings. The molecule has 2 aliphatic heterocycles. The second-order valence-electron chi connectivity index (χ2n) is 7.04. The molecule has 144 valence electrons. The summed E-state index contributed by atoms with van der Waals surface area (Å²) in [7, 11) is -3.58. The molecule has 1 atom stereocenters. The third kappa shape index (κ3) is 4.53. The molecule has 1 aromatic carbocycles. The van der Waals surface area contributed by atoms with E-state index in [2.05, 4.69) is 0 Å². The first-order chi connectivity index (χ1) is 12.4. The van der Waals surface area contributed by atoms with Crippen molar-refractivity contribution in [2.75, 3.05) is 26.2 Å². The molecule has 5 nitrogen and oxygen atoms in total. The Hall–Kier alpha value is -0.820. The van der Waals surface area contributed by atoms with Gasteiger partial charge in [0.25, 0.3) is 0 Å². The zero-order valence-electron chi connectivity index (χ0n) is 14.7. The van der Waals surface area contributed by atoms with Crippen LogP contribution in [0.3, 0.4) is 0 Å². The Morgan fingerprint density at radius 3 is 2.35 bits per heavy atom. The molecule has 26 heavy (non-hydrogen) atoms. The van der Waals surface area contributed by atoms with Crippen LogP contribution in [-0.2, 0) is 20.6 Å². The minimum atomic E-state index is -3.58. The lowest BCUT2D eigenvalue weighted by molar-refractivity contribution is -0.137. The molecule has 1 unspecified atom stereocenters. The number of rotatable bonds is 4. The molecule has 2 saturated heterocycles. The van der Waals surface area contributed by atoms with Crippen LogP contribution in [0.15, 0.2) is 18.2 Å². The van der Waals surface area contributed by atoms with Gasteiger partial charge in [-0.1, -0.05) is 29.3 Å². The van der Waals surface area contributed by atoms with Gasteiger partial charge in [-0.15, -0.1) is 0 Å². The van der Waals surface area contributed by atoms with Crippen molar-refractivity contribution in [1.82, 2.24) is 9.21 Å². The van der Waals surface area contributed by atoms with E-state index in [1.807, 2.05) is 4.90 Å². The highest BCUT2D eigenvalue weighted by atomic mass is 35.5. The van der Waals surface area contributed by atoms with Crippen LogP contribution in [0.25, 0.3) is 0 Å². The number of carbonyl (C=O) groups is 1. The van der Waals surface area contributed by atoms with Crippen molar-refractivity contribution in [3.05, 3.63) is 33.8 Å². The SMILES string of the molecule is O=C(C1CCCN(S(=O)(=O)Cc2c(Cl)cccc2Cl)C1)N1CCCCC1. The average Bonchev–Trinajstić information content (AvgIpc) is 2.65. The Morgan fingerprint density at radius 1 is 1.04 bits per heavy atom. The molecule has 1 aromatic rings. The zero-order valence-corrected chi connectivity index (χ0v) is 17.0. The van der Waals surface area contributed by atoms with Gasteiger partial charge in [-0.25, -0.2) is 12.7 Å². The Balaban J connectivity index is 1.70. The molecule has 8 heteroatoms. The van der Waals surface area contributed by atoms with Gasteiger partial charge in [0.15, 0.2) is 0 Å². The monoisotopic (exact) mass is 418 g/mol. The number of piperidine rings is 2. The van der Waals surface area contributed by atoms with Crippen LogP contribution in [-0.4, -0.2) is 49.7 Å². The summed E-state index contributed by atoms with van der Waals surface area (Å²) in [6.07, 6.45) is 4.67. The summed E-state index contributed by atoms with van der Waals surface area (Å²) in [5.74, 6) is -0.394. The van der Waals surface area contributed by atoms with E-state index in [4.69, 9.17) is 23.2 Å². The summed E-state index contributed by atoms with van der Waals surface area (Å²) in [6.45, 7) is 2.27. The van der Waals surface area contributed by atoms with Crippen LogP contribution in [0.2, 0.25) is 10.0 Å². The Bertz CT molecular complexity index is 743. The van der Waals surface area contributed by atoms with E-state index in [1.54, 1.807) is 18.2 Å². The second kappa shape index (κ2) is 8.46. The molecular weight excluding hydrogens is 395 g/mol. The molecule has 0 aromatic heterocycles. The van der Waals surface area contributed by atoms with Crippen molar-refractivity contribution in [3.8, 4) is 0 Å². The maximum atomic E-state index is 12.9. The molecule has 0 bridgehead atoms. The highest BCUT2D eigenvalue weighted by Gasteiger charge is 2.35. The number of halogens is 2. The van der Waals surface area contributed by atoms with Crippen LogP contribution in [0, 0.1) is 5.92 Å². The highest BCUT2D eigenvalue weighted by Crippen LogP contribution is 2.29. The predicted octanol–water partition coefficient (Wildman–Crippen LogP) is 3.55. The first-order valence-electron chi connectivity index (χ1n) is 9.08. The maximum Gasteiger partial charge on any atom is 0.227 e. The molecular formula is C18H24Cl2N2O3S. The summed E-state index contributed by atoms with van der Waals surface area (Å²) in [5.41, 5.74) is 0.417. The van der Waals surface area contributed by atoms with E-state index < -0.39 is 10.0 Å². The lowest BCUT2D eigenvalue weighted by atomic mass is 9.97. The number of hydrogen-bond acceptors (Lipinski definition) is 3. The number of carbonyl (C=O) groups excluding carboxylic acids is 1. The van der Waals surface area contributed by atoms with Crippen LogP contribution >= 0.6 is 23.2 Å². The van der Waals surface area contributed by atoms with Gasteiger partial charge in [-0.05, 0) is 44.2 Å². The van der Waals surface area contributed by atoms with Gasteiger partial charge in [0.2, 0.25) is 15.9 Å². The number of likely N-dealkylation sites (tertiary alicyclic amines) is 1. The lowest BCUT2D eigenvalue weighted by Crippen LogP contribution is -2.48. The maximum absolute atomic E-state index is 12.9. The van der Waals surface area contributed by atoms with E-state index in [9.17, 15) is 13.2 Å². The van der Waals surface area contributed by atoms with Gasteiger partial charge in [0.05, 0.1) is 11.7 Å². The van der Waals surface area contributed by atoms with Crippen LogP contribution < -0.4 is 0 Å². The molecule has 2 heterocycles. The number of benzene rings is 1. The molecule has 0 radical (unpaired) electrons. The van der Waals surface area contributed by atoms with Crippen LogP contribution in [0.4, 0.5) is 0 Å². The second-order valence-corrected chi connectivity index (χ2v) is 9.82. The summed E-state index contributed by atoms with van der Waals surface area (Å²) in [5, 5.41) is 0.693. The van der Waals surface area contributed by atoms with Crippen molar-refractivity contribution >= 4 is 39.1 Å². The molecule has 0 saturated carbocycles. The van der Waals surface area contributed by atoms with Gasteiger partial charge in [-0.2, -0.15) is 0 Å². The highest BCUT2D eigenvalue weighted by molar-refractivity contribution is 7.88. The fraction of sp³-hybridized carbons (Fsp3) is 0.611. The molecule has 2 fully saturated rings. The van der Waals surface area contributed by atoms with E-state index in [-0.39, 0.29) is 24.1 Å². The summed E-state index contributed by atoms with van der Waals surface area (Å²) in [4.78, 5) is 14.7. The van der Waals surface area contributed by atoms with Crippen molar-refractivity contribution < 1.29 is 13.2 Å². The van der Waals surface area contributed by atoms with Gasteiger partial charge < -0.3 is 4.90 Å². The third-order valence-electron chi connectivity index (χ3n) is 5.18. The average molecular weight is 419 g/mol. The quantitative estimate of drug-likeness (QED) is 0.750. The van der Waals surface area contributed by atoms with Gasteiger partial charge in [0, 0.05) is 41.8 Å². The molecule has 0 aliphatic carbocycles. The van der Waals surface area contributed by atoms with E-state index in [0.29, 0.717) is 28.6 Å². The molecule has 0 N–H and O–H groups in total. The smallest absolute Gasteiger partial charge is 0.227 e. The third-order valence-corrected chi connectivity index (χ3v) is 7.66. The van der Waals surface area contributed by atoms with Crippen molar-refractivity contribution in [2.45, 2.75) is 37.9 Å². The lowest BCUT2D eigenvalue weighted by Gasteiger charge is -2.35. The minimum Gasteiger partial charge on any atom is -0.342 e. The zero-order chi connectivity index (χ0) is 18.7. The minimum absolute atomic E-state index is 0.0976. The van der Waals surface area contributed by atoms with Gasteiger partial charge in [-0.3, -0.25) is 4.79 Å². The fourth-order valence-electron chi connectivity index (χ4n) is 3.71. The fourth-order valence-corrected chi connectivity index (χ4v) is 6.08. The summed E-state index contributed by atoms with van der Waals surface area (Å²) >= 11 is 12.3. The first kappa shape index (κ1) is 19.9. The topological polar surface area (TPSA) is 57.7 Å². The number of nitrogens with zero attached hydrogens (tertiary/aromatic N) is 2. The standard InChI is InChI=1S/C18H24Cl2N2O3S/c19-16-7-4-8-17(20)15(16)13-26(24,25)22-11-5-6-14(12-22)18(23)21-9-2-1-3-10-21/h4,7-8,14H,1-3,5-6,9-13H2. The largest absolute Gasteiger partial charge is 0.342 e. The number of sulfonamides is 1. The molecule has 1 amide bonds. The van der Waals surface area contributed by atoms with E-state index >= 15 is 0 Å².